The predicted octanol–water partition coefficient (Wildman–Crippen LogP) is 5.21. The van der Waals surface area contributed by atoms with Gasteiger partial charge in [-0.25, -0.2) is 9.97 Å². The molecular formula is C19H18ClN3O. The van der Waals surface area contributed by atoms with Crippen molar-refractivity contribution in [2.24, 2.45) is 5.92 Å². The average molecular weight is 340 g/mol. The van der Waals surface area contributed by atoms with E-state index in [-0.39, 0.29) is 0 Å². The number of rotatable bonds is 6. The molecule has 3 aromatic rings. The van der Waals surface area contributed by atoms with Crippen molar-refractivity contribution < 1.29 is 4.74 Å². The van der Waals surface area contributed by atoms with Crippen LogP contribution in [0.4, 0.5) is 11.5 Å². The molecule has 2 aromatic heterocycles. The van der Waals surface area contributed by atoms with Crippen LogP contribution >= 0.6 is 11.6 Å². The number of hydrogen-bond donors (Lipinski definition) is 1. The minimum absolute atomic E-state index is 0.472. The van der Waals surface area contributed by atoms with Crippen LogP contribution < -0.4 is 10.1 Å². The zero-order valence-corrected chi connectivity index (χ0v) is 14.0. The number of aromatic nitrogens is 2. The molecule has 24 heavy (non-hydrogen) atoms. The second kappa shape index (κ2) is 6.65. The molecule has 0 unspecified atom stereocenters. The largest absolute Gasteiger partial charge is 0.494 e. The molecule has 1 aliphatic rings. The molecule has 4 rings (SSSR count). The molecule has 0 amide bonds. The van der Waals surface area contributed by atoms with Gasteiger partial charge >= 0.3 is 0 Å². The van der Waals surface area contributed by atoms with Crippen LogP contribution in [0.1, 0.15) is 19.3 Å². The Hall–Kier alpha value is -2.33. The Bertz CT molecular complexity index is 847. The van der Waals surface area contributed by atoms with Crippen molar-refractivity contribution in [2.45, 2.75) is 19.3 Å². The van der Waals surface area contributed by atoms with E-state index in [1.165, 1.54) is 12.8 Å². The van der Waals surface area contributed by atoms with E-state index in [1.54, 1.807) is 18.5 Å². The molecule has 0 spiro atoms. The molecular weight excluding hydrogens is 322 g/mol. The molecule has 1 N–H and O–H groups in total. The van der Waals surface area contributed by atoms with Crippen molar-refractivity contribution in [1.29, 1.82) is 0 Å². The Morgan fingerprint density at radius 3 is 2.83 bits per heavy atom. The summed E-state index contributed by atoms with van der Waals surface area (Å²) in [7, 11) is 0. The summed E-state index contributed by atoms with van der Waals surface area (Å²) in [5.41, 5.74) is 0.851. The van der Waals surface area contributed by atoms with Gasteiger partial charge in [0.15, 0.2) is 0 Å². The number of halogens is 1. The molecule has 4 nitrogen and oxygen atoms in total. The molecule has 0 saturated heterocycles. The van der Waals surface area contributed by atoms with E-state index in [0.717, 1.165) is 47.0 Å². The third-order valence-corrected chi connectivity index (χ3v) is 4.44. The molecule has 5 heteroatoms. The number of benzene rings is 1. The number of fused-ring (bicyclic) bond motifs is 1. The smallest absolute Gasteiger partial charge is 0.138 e. The normalized spacial score (nSPS) is 13.9. The fourth-order valence-corrected chi connectivity index (χ4v) is 2.79. The van der Waals surface area contributed by atoms with Gasteiger partial charge in [0.25, 0.3) is 0 Å². The number of nitrogens with one attached hydrogen (secondary N) is 1. The zero-order valence-electron chi connectivity index (χ0n) is 13.2. The number of nitrogens with zero attached hydrogens (tertiary/aromatic N) is 2. The Morgan fingerprint density at radius 2 is 2.04 bits per heavy atom. The van der Waals surface area contributed by atoms with Gasteiger partial charge in [-0.2, -0.15) is 0 Å². The summed E-state index contributed by atoms with van der Waals surface area (Å²) in [4.78, 5) is 8.51. The van der Waals surface area contributed by atoms with Gasteiger partial charge in [0.2, 0.25) is 0 Å². The lowest BCUT2D eigenvalue weighted by molar-refractivity contribution is 0.303. The molecule has 0 radical (unpaired) electrons. The molecule has 122 valence electrons. The molecule has 1 fully saturated rings. The van der Waals surface area contributed by atoms with Gasteiger partial charge in [0, 0.05) is 11.6 Å². The van der Waals surface area contributed by atoms with E-state index in [4.69, 9.17) is 16.3 Å². The van der Waals surface area contributed by atoms with Crippen molar-refractivity contribution in [3.8, 4) is 5.75 Å². The standard InChI is InChI=1S/C19H18ClN3O/c20-18-6-3-15(12-22-18)23-19-17-5-4-16(11-14(17)7-9-21-19)24-10-8-13-1-2-13/h3-7,9,11-13H,1-2,8,10H2,(H,21,23). The summed E-state index contributed by atoms with van der Waals surface area (Å²) in [5.74, 6) is 2.59. The van der Waals surface area contributed by atoms with Crippen LogP contribution in [0.15, 0.2) is 48.8 Å². The van der Waals surface area contributed by atoms with Crippen LogP contribution in [-0.4, -0.2) is 16.6 Å². The van der Waals surface area contributed by atoms with Crippen LogP contribution in [0.5, 0.6) is 5.75 Å². The Balaban J connectivity index is 1.53. The summed E-state index contributed by atoms with van der Waals surface area (Å²) >= 11 is 5.82. The number of pyridine rings is 2. The monoisotopic (exact) mass is 339 g/mol. The molecule has 1 aliphatic carbocycles. The van der Waals surface area contributed by atoms with Crippen LogP contribution in [0.25, 0.3) is 10.8 Å². The maximum absolute atomic E-state index is 5.87. The van der Waals surface area contributed by atoms with Gasteiger partial charge in [-0.3, -0.25) is 0 Å². The average Bonchev–Trinajstić information content (AvgIpc) is 3.41. The summed E-state index contributed by atoms with van der Waals surface area (Å²) in [6.07, 6.45) is 7.37. The topological polar surface area (TPSA) is 47.0 Å². The lowest BCUT2D eigenvalue weighted by atomic mass is 10.1. The number of anilines is 2. The van der Waals surface area contributed by atoms with Crippen LogP contribution in [0.2, 0.25) is 5.15 Å². The van der Waals surface area contributed by atoms with Gasteiger partial charge in [-0.15, -0.1) is 0 Å². The van der Waals surface area contributed by atoms with Crippen LogP contribution in [0, 0.1) is 5.92 Å². The molecule has 0 atom stereocenters. The van der Waals surface area contributed by atoms with Gasteiger partial charge in [0.1, 0.15) is 16.7 Å². The first-order chi connectivity index (χ1) is 11.8. The molecule has 0 aliphatic heterocycles. The second-order valence-electron chi connectivity index (χ2n) is 6.12. The van der Waals surface area contributed by atoms with E-state index >= 15 is 0 Å². The second-order valence-corrected chi connectivity index (χ2v) is 6.50. The summed E-state index contributed by atoms with van der Waals surface area (Å²) in [6.45, 7) is 0.794. The van der Waals surface area contributed by atoms with Gasteiger partial charge in [-0.1, -0.05) is 24.4 Å². The molecule has 2 heterocycles. The maximum atomic E-state index is 5.87. The lowest BCUT2D eigenvalue weighted by Gasteiger charge is -2.10. The number of ether oxygens (including phenoxy) is 1. The SMILES string of the molecule is Clc1ccc(Nc2nccc3cc(OCCC4CC4)ccc23)cn1. The number of hydrogen-bond acceptors (Lipinski definition) is 4. The Kier molecular flexibility index (Phi) is 4.22. The zero-order chi connectivity index (χ0) is 16.4. The van der Waals surface area contributed by atoms with Crippen molar-refractivity contribution in [2.75, 3.05) is 11.9 Å². The van der Waals surface area contributed by atoms with Crippen molar-refractivity contribution in [3.63, 3.8) is 0 Å². The predicted molar refractivity (Wildman–Crippen MR) is 97.1 cm³/mol. The highest BCUT2D eigenvalue weighted by molar-refractivity contribution is 6.29. The van der Waals surface area contributed by atoms with Gasteiger partial charge in [0.05, 0.1) is 18.5 Å². The maximum Gasteiger partial charge on any atom is 0.138 e. The first-order valence-corrected chi connectivity index (χ1v) is 8.56. The Labute approximate surface area is 145 Å². The minimum atomic E-state index is 0.472. The van der Waals surface area contributed by atoms with E-state index in [2.05, 4.69) is 21.4 Å². The fourth-order valence-electron chi connectivity index (χ4n) is 2.68. The summed E-state index contributed by atoms with van der Waals surface area (Å²) in [6, 6.07) is 11.7. The highest BCUT2D eigenvalue weighted by Crippen LogP contribution is 2.33. The van der Waals surface area contributed by atoms with Crippen LogP contribution in [-0.2, 0) is 0 Å². The van der Waals surface area contributed by atoms with Crippen molar-refractivity contribution in [1.82, 2.24) is 9.97 Å². The minimum Gasteiger partial charge on any atom is -0.494 e. The molecule has 1 aromatic carbocycles. The summed E-state index contributed by atoms with van der Waals surface area (Å²) in [5, 5.41) is 5.90. The van der Waals surface area contributed by atoms with E-state index in [1.807, 2.05) is 24.3 Å². The Morgan fingerprint density at radius 1 is 1.12 bits per heavy atom. The van der Waals surface area contributed by atoms with E-state index < -0.39 is 0 Å². The first-order valence-electron chi connectivity index (χ1n) is 8.18. The third-order valence-electron chi connectivity index (χ3n) is 4.22. The van der Waals surface area contributed by atoms with Gasteiger partial charge < -0.3 is 10.1 Å². The summed E-state index contributed by atoms with van der Waals surface area (Å²) < 4.78 is 5.87. The lowest BCUT2D eigenvalue weighted by Crippen LogP contribution is -1.99. The molecule has 1 saturated carbocycles. The quantitative estimate of drug-likeness (QED) is 0.626. The van der Waals surface area contributed by atoms with Crippen molar-refractivity contribution >= 4 is 33.9 Å². The van der Waals surface area contributed by atoms with Gasteiger partial charge in [-0.05, 0) is 54.1 Å². The van der Waals surface area contributed by atoms with Crippen molar-refractivity contribution in [3.05, 3.63) is 53.9 Å². The molecule has 0 bridgehead atoms. The highest BCUT2D eigenvalue weighted by Gasteiger charge is 2.20. The van der Waals surface area contributed by atoms with E-state index in [0.29, 0.717) is 5.15 Å². The highest BCUT2D eigenvalue weighted by atomic mass is 35.5. The first kappa shape index (κ1) is 15.2. The van der Waals surface area contributed by atoms with E-state index in [9.17, 15) is 0 Å². The fraction of sp³-hybridized carbons (Fsp3) is 0.263. The van der Waals surface area contributed by atoms with Crippen LogP contribution in [0.3, 0.4) is 0 Å². The third kappa shape index (κ3) is 3.60.